The predicted octanol–water partition coefficient (Wildman–Crippen LogP) is 5.48. The van der Waals surface area contributed by atoms with Gasteiger partial charge in [-0.3, -0.25) is 25.0 Å². The molecule has 9 nitrogen and oxygen atoms in total. The summed E-state index contributed by atoms with van der Waals surface area (Å²) in [5, 5.41) is 25.0. The molecule has 1 heterocycles. The molecule has 0 aliphatic heterocycles. The highest BCUT2D eigenvalue weighted by molar-refractivity contribution is 8.00. The normalized spacial score (nSPS) is 11.5. The van der Waals surface area contributed by atoms with Gasteiger partial charge in [0.2, 0.25) is 11.0 Å². The van der Waals surface area contributed by atoms with E-state index in [1.165, 1.54) is 47.4 Å². The number of rotatable bonds is 8. The molecule has 2 amide bonds. The standard InChI is InChI=1S/C24H19N5O4S2/c1-15-27-28-24(34-15)26-23(31)21(16-6-3-2-4-7-16)35-20-9-5-8-18(14-20)25-22(30)17-10-12-19(13-11-17)29(32)33/h2-14,21H,1H3,(H,25,30)(H,26,28,31). The number of anilines is 2. The fourth-order valence-corrected chi connectivity index (χ4v) is 4.82. The van der Waals surface area contributed by atoms with Gasteiger partial charge in [-0.15, -0.1) is 22.0 Å². The van der Waals surface area contributed by atoms with Gasteiger partial charge in [0.05, 0.1) is 4.92 Å². The number of thioether (sulfide) groups is 1. The summed E-state index contributed by atoms with van der Waals surface area (Å²) in [6, 6.07) is 21.9. The minimum atomic E-state index is -0.568. The van der Waals surface area contributed by atoms with Gasteiger partial charge in [0, 0.05) is 28.3 Å². The van der Waals surface area contributed by atoms with Crippen molar-refractivity contribution in [3.63, 3.8) is 0 Å². The van der Waals surface area contributed by atoms with Gasteiger partial charge in [-0.2, -0.15) is 0 Å². The number of carbonyl (C=O) groups is 2. The molecule has 0 bridgehead atoms. The Hall–Kier alpha value is -4.09. The third-order valence-electron chi connectivity index (χ3n) is 4.78. The van der Waals surface area contributed by atoms with Gasteiger partial charge in [-0.05, 0) is 42.8 Å². The van der Waals surface area contributed by atoms with Crippen molar-refractivity contribution in [2.24, 2.45) is 0 Å². The van der Waals surface area contributed by atoms with Gasteiger partial charge in [0.15, 0.2) is 0 Å². The van der Waals surface area contributed by atoms with Crippen LogP contribution in [-0.2, 0) is 4.79 Å². The maximum absolute atomic E-state index is 13.1. The maximum Gasteiger partial charge on any atom is 0.269 e. The third kappa shape index (κ3) is 6.28. The second kappa shape index (κ2) is 10.9. The van der Waals surface area contributed by atoms with E-state index in [0.29, 0.717) is 16.4 Å². The molecule has 0 fully saturated rings. The van der Waals surface area contributed by atoms with Crippen LogP contribution in [0, 0.1) is 17.0 Å². The average Bonchev–Trinajstić information content (AvgIpc) is 3.27. The van der Waals surface area contributed by atoms with E-state index in [-0.39, 0.29) is 11.6 Å². The summed E-state index contributed by atoms with van der Waals surface area (Å²) in [6.45, 7) is 1.81. The molecular formula is C24H19N5O4S2. The average molecular weight is 506 g/mol. The zero-order chi connectivity index (χ0) is 24.8. The summed E-state index contributed by atoms with van der Waals surface area (Å²) in [4.78, 5) is 36.8. The lowest BCUT2D eigenvalue weighted by Crippen LogP contribution is -2.19. The van der Waals surface area contributed by atoms with Crippen molar-refractivity contribution in [1.29, 1.82) is 0 Å². The lowest BCUT2D eigenvalue weighted by molar-refractivity contribution is -0.384. The molecule has 4 aromatic rings. The van der Waals surface area contributed by atoms with E-state index >= 15 is 0 Å². The molecule has 4 rings (SSSR count). The van der Waals surface area contributed by atoms with E-state index in [1.54, 1.807) is 18.2 Å². The number of benzene rings is 3. The quantitative estimate of drug-likeness (QED) is 0.184. The lowest BCUT2D eigenvalue weighted by atomic mass is 10.1. The van der Waals surface area contributed by atoms with Crippen LogP contribution in [0.1, 0.15) is 26.2 Å². The second-order valence-corrected chi connectivity index (χ2v) is 9.67. The zero-order valence-electron chi connectivity index (χ0n) is 18.4. The highest BCUT2D eigenvalue weighted by Gasteiger charge is 2.23. The maximum atomic E-state index is 13.1. The molecule has 2 N–H and O–H groups in total. The molecule has 0 aliphatic rings. The number of hydrogen-bond donors (Lipinski definition) is 2. The van der Waals surface area contributed by atoms with Gasteiger partial charge < -0.3 is 5.32 Å². The molecule has 0 aliphatic carbocycles. The molecule has 0 saturated carbocycles. The first-order valence-corrected chi connectivity index (χ1v) is 12.1. The molecule has 11 heteroatoms. The van der Waals surface area contributed by atoms with Gasteiger partial charge in [0.25, 0.3) is 11.6 Å². The van der Waals surface area contributed by atoms with Crippen LogP contribution in [0.2, 0.25) is 0 Å². The van der Waals surface area contributed by atoms with Crippen molar-refractivity contribution in [1.82, 2.24) is 10.2 Å². The monoisotopic (exact) mass is 505 g/mol. The van der Waals surface area contributed by atoms with Crippen molar-refractivity contribution >= 4 is 51.4 Å². The Bertz CT molecular complexity index is 1360. The number of aromatic nitrogens is 2. The van der Waals surface area contributed by atoms with Crippen LogP contribution in [0.25, 0.3) is 0 Å². The van der Waals surface area contributed by atoms with E-state index < -0.39 is 16.1 Å². The second-order valence-electron chi connectivity index (χ2n) is 7.31. The third-order valence-corrected chi connectivity index (χ3v) is 6.78. The van der Waals surface area contributed by atoms with E-state index in [4.69, 9.17) is 0 Å². The van der Waals surface area contributed by atoms with Crippen LogP contribution >= 0.6 is 23.1 Å². The van der Waals surface area contributed by atoms with Crippen LogP contribution < -0.4 is 10.6 Å². The summed E-state index contributed by atoms with van der Waals surface area (Å²) in [7, 11) is 0. The van der Waals surface area contributed by atoms with Crippen LogP contribution in [0.4, 0.5) is 16.5 Å². The number of aryl methyl sites for hydroxylation is 1. The van der Waals surface area contributed by atoms with Crippen LogP contribution in [0.5, 0.6) is 0 Å². The number of nitro benzene ring substituents is 1. The van der Waals surface area contributed by atoms with E-state index in [9.17, 15) is 19.7 Å². The van der Waals surface area contributed by atoms with Crippen molar-refractivity contribution in [3.8, 4) is 0 Å². The summed E-state index contributed by atoms with van der Waals surface area (Å²) in [5.74, 6) is -0.635. The molecule has 0 radical (unpaired) electrons. The van der Waals surface area contributed by atoms with Crippen LogP contribution in [0.3, 0.4) is 0 Å². The molecular weight excluding hydrogens is 486 g/mol. The molecule has 1 unspecified atom stereocenters. The van der Waals surface area contributed by atoms with Crippen LogP contribution in [-0.4, -0.2) is 26.9 Å². The molecule has 0 spiro atoms. The molecule has 0 saturated heterocycles. The molecule has 1 atom stereocenters. The Labute approximate surface area is 208 Å². The highest BCUT2D eigenvalue weighted by Crippen LogP contribution is 2.37. The number of carbonyl (C=O) groups excluding carboxylic acids is 2. The Morgan fingerprint density at radius 2 is 1.71 bits per heavy atom. The minimum absolute atomic E-state index is 0.0890. The van der Waals surface area contributed by atoms with Crippen molar-refractivity contribution in [2.45, 2.75) is 17.1 Å². The van der Waals surface area contributed by atoms with Crippen molar-refractivity contribution in [3.05, 3.63) is 105 Å². The predicted molar refractivity (Wildman–Crippen MR) is 136 cm³/mol. The summed E-state index contributed by atoms with van der Waals surface area (Å²) in [6.07, 6.45) is 0. The summed E-state index contributed by atoms with van der Waals surface area (Å²) < 4.78 is 0. The summed E-state index contributed by atoms with van der Waals surface area (Å²) in [5.41, 5.74) is 1.55. The molecule has 35 heavy (non-hydrogen) atoms. The van der Waals surface area contributed by atoms with Gasteiger partial charge in [0.1, 0.15) is 10.3 Å². The smallest absolute Gasteiger partial charge is 0.269 e. The highest BCUT2D eigenvalue weighted by atomic mass is 32.2. The number of nitrogens with zero attached hydrogens (tertiary/aromatic N) is 3. The van der Waals surface area contributed by atoms with Gasteiger partial charge in [-0.25, -0.2) is 0 Å². The first kappa shape index (κ1) is 24.0. The Balaban J connectivity index is 1.51. The van der Waals surface area contributed by atoms with E-state index in [2.05, 4.69) is 20.8 Å². The number of amides is 2. The SMILES string of the molecule is Cc1nnc(NC(=O)C(Sc2cccc(NC(=O)c3ccc([N+](=O)[O-])cc3)c2)c2ccccc2)s1. The summed E-state index contributed by atoms with van der Waals surface area (Å²) >= 11 is 2.63. The number of non-ortho nitro benzene ring substituents is 1. The van der Waals surface area contributed by atoms with Gasteiger partial charge in [-0.1, -0.05) is 47.7 Å². The van der Waals surface area contributed by atoms with E-state index in [0.717, 1.165) is 15.5 Å². The largest absolute Gasteiger partial charge is 0.322 e. The molecule has 3 aromatic carbocycles. The first-order chi connectivity index (χ1) is 16.9. The molecule has 176 valence electrons. The fourth-order valence-electron chi connectivity index (χ4n) is 3.14. The topological polar surface area (TPSA) is 127 Å². The number of nitro groups is 1. The van der Waals surface area contributed by atoms with Crippen LogP contribution in [0.15, 0.2) is 83.8 Å². The van der Waals surface area contributed by atoms with Gasteiger partial charge >= 0.3 is 0 Å². The van der Waals surface area contributed by atoms with Crippen molar-refractivity contribution in [2.75, 3.05) is 10.6 Å². The van der Waals surface area contributed by atoms with E-state index in [1.807, 2.05) is 43.3 Å². The number of nitrogens with one attached hydrogen (secondary N) is 2. The Kier molecular flexibility index (Phi) is 7.48. The number of hydrogen-bond acceptors (Lipinski definition) is 8. The first-order valence-electron chi connectivity index (χ1n) is 10.4. The van der Waals surface area contributed by atoms with Crippen molar-refractivity contribution < 1.29 is 14.5 Å². The minimum Gasteiger partial charge on any atom is -0.322 e. The lowest BCUT2D eigenvalue weighted by Gasteiger charge is -2.16. The Morgan fingerprint density at radius 1 is 0.971 bits per heavy atom. The molecule has 1 aromatic heterocycles. The fraction of sp³-hybridized carbons (Fsp3) is 0.0833. The Morgan fingerprint density at radius 3 is 2.37 bits per heavy atom. The zero-order valence-corrected chi connectivity index (χ0v) is 20.0.